The highest BCUT2D eigenvalue weighted by atomic mass is 32.1. The van der Waals surface area contributed by atoms with Crippen molar-refractivity contribution in [2.75, 3.05) is 40.0 Å². The number of benzene rings is 1. The van der Waals surface area contributed by atoms with Gasteiger partial charge in [0.05, 0.1) is 18.9 Å². The lowest BCUT2D eigenvalue weighted by Gasteiger charge is -2.39. The Kier molecular flexibility index (Phi) is 5.54. The first-order chi connectivity index (χ1) is 15.0. The van der Waals surface area contributed by atoms with Gasteiger partial charge in [-0.05, 0) is 38.5 Å². The van der Waals surface area contributed by atoms with Crippen molar-refractivity contribution >= 4 is 11.3 Å². The summed E-state index contributed by atoms with van der Waals surface area (Å²) in [5, 5.41) is 5.50. The van der Waals surface area contributed by atoms with Crippen molar-refractivity contribution < 1.29 is 9.47 Å². The highest BCUT2D eigenvalue weighted by molar-refractivity contribution is 7.15. The standard InChI is InChI=1S/C23H29N5O2S/c1-14(2)28-22(24-15(3)26-28)23-25-21-18-6-5-16(17-12-27(13-17)8-10-29-4)11-19(18)30-9-7-20(21)31-23/h5-6,11,14,17H,7-10,12-13H2,1-4H3. The molecule has 0 N–H and O–H groups in total. The maximum absolute atomic E-state index is 6.15. The van der Waals surface area contributed by atoms with Gasteiger partial charge in [-0.25, -0.2) is 14.6 Å². The molecule has 164 valence electrons. The van der Waals surface area contributed by atoms with Crippen molar-refractivity contribution in [3.05, 3.63) is 34.5 Å². The molecule has 2 aromatic heterocycles. The lowest BCUT2D eigenvalue weighted by Crippen LogP contribution is -2.46. The van der Waals surface area contributed by atoms with Crippen molar-refractivity contribution in [1.82, 2.24) is 24.6 Å². The van der Waals surface area contributed by atoms with E-state index in [0.717, 1.165) is 66.3 Å². The molecule has 0 saturated carbocycles. The smallest absolute Gasteiger partial charge is 0.187 e. The number of hydrogen-bond acceptors (Lipinski definition) is 7. The number of hydrogen-bond donors (Lipinski definition) is 0. The third kappa shape index (κ3) is 3.88. The minimum Gasteiger partial charge on any atom is -0.492 e. The van der Waals surface area contributed by atoms with Crippen molar-refractivity contribution in [2.24, 2.45) is 0 Å². The molecular formula is C23H29N5O2S. The van der Waals surface area contributed by atoms with Crippen molar-refractivity contribution in [1.29, 1.82) is 0 Å². The topological polar surface area (TPSA) is 65.3 Å². The van der Waals surface area contributed by atoms with E-state index in [1.807, 2.05) is 11.6 Å². The molecule has 0 radical (unpaired) electrons. The van der Waals surface area contributed by atoms with Crippen LogP contribution in [0.5, 0.6) is 5.75 Å². The van der Waals surface area contributed by atoms with Crippen LogP contribution < -0.4 is 4.74 Å². The summed E-state index contributed by atoms with van der Waals surface area (Å²) in [6, 6.07) is 6.90. The molecule has 1 saturated heterocycles. The van der Waals surface area contributed by atoms with E-state index in [4.69, 9.17) is 14.5 Å². The molecule has 31 heavy (non-hydrogen) atoms. The van der Waals surface area contributed by atoms with E-state index >= 15 is 0 Å². The first-order valence-corrected chi connectivity index (χ1v) is 11.8. The predicted octanol–water partition coefficient (Wildman–Crippen LogP) is 3.94. The number of aryl methyl sites for hydroxylation is 1. The second kappa shape index (κ2) is 8.33. The molecule has 0 unspecified atom stereocenters. The second-order valence-corrected chi connectivity index (χ2v) is 9.70. The van der Waals surface area contributed by atoms with Gasteiger partial charge in [-0.15, -0.1) is 11.3 Å². The van der Waals surface area contributed by atoms with E-state index in [1.165, 1.54) is 10.4 Å². The summed E-state index contributed by atoms with van der Waals surface area (Å²) in [6.07, 6.45) is 0.861. The minimum absolute atomic E-state index is 0.240. The first-order valence-electron chi connectivity index (χ1n) is 10.9. The summed E-state index contributed by atoms with van der Waals surface area (Å²) in [6.45, 7) is 10.8. The summed E-state index contributed by atoms with van der Waals surface area (Å²) < 4.78 is 13.3. The lowest BCUT2D eigenvalue weighted by atomic mass is 9.90. The van der Waals surface area contributed by atoms with Gasteiger partial charge in [-0.2, -0.15) is 5.10 Å². The lowest BCUT2D eigenvalue weighted by molar-refractivity contribution is 0.0942. The summed E-state index contributed by atoms with van der Waals surface area (Å²) in [5.41, 5.74) is 3.47. The average molecular weight is 440 g/mol. The molecule has 0 bridgehead atoms. The Bertz CT molecular complexity index is 1080. The molecule has 2 aliphatic heterocycles. The highest BCUT2D eigenvalue weighted by Crippen LogP contribution is 2.42. The predicted molar refractivity (Wildman–Crippen MR) is 122 cm³/mol. The highest BCUT2D eigenvalue weighted by Gasteiger charge is 2.29. The molecule has 0 amide bonds. The molecule has 8 heteroatoms. The van der Waals surface area contributed by atoms with Crippen LogP contribution in [0.2, 0.25) is 0 Å². The Balaban J connectivity index is 1.43. The van der Waals surface area contributed by atoms with E-state index in [2.05, 4.69) is 47.0 Å². The molecule has 0 atom stereocenters. The van der Waals surface area contributed by atoms with Crippen LogP contribution in [0.25, 0.3) is 22.1 Å². The fourth-order valence-corrected chi connectivity index (χ4v) is 5.35. The van der Waals surface area contributed by atoms with Crippen LogP contribution >= 0.6 is 11.3 Å². The van der Waals surface area contributed by atoms with E-state index in [0.29, 0.717) is 12.5 Å². The zero-order chi connectivity index (χ0) is 21.5. The normalized spacial score (nSPS) is 16.5. The first kappa shape index (κ1) is 20.6. The van der Waals surface area contributed by atoms with Crippen molar-refractivity contribution in [2.45, 2.75) is 39.2 Å². The Morgan fingerprint density at radius 2 is 2.10 bits per heavy atom. The molecule has 4 heterocycles. The van der Waals surface area contributed by atoms with Gasteiger partial charge in [-0.3, -0.25) is 4.90 Å². The van der Waals surface area contributed by atoms with Crippen LogP contribution in [0.1, 0.15) is 42.1 Å². The van der Waals surface area contributed by atoms with Crippen molar-refractivity contribution in [3.63, 3.8) is 0 Å². The van der Waals surface area contributed by atoms with E-state index in [-0.39, 0.29) is 6.04 Å². The van der Waals surface area contributed by atoms with Gasteiger partial charge in [0, 0.05) is 55.6 Å². The van der Waals surface area contributed by atoms with Crippen LogP contribution in [0, 0.1) is 6.92 Å². The Morgan fingerprint density at radius 3 is 2.87 bits per heavy atom. The molecule has 0 aliphatic carbocycles. The maximum atomic E-state index is 6.15. The Hall–Kier alpha value is -2.29. The molecule has 3 aromatic rings. The summed E-state index contributed by atoms with van der Waals surface area (Å²) in [4.78, 5) is 13.4. The number of fused-ring (bicyclic) bond motifs is 3. The minimum atomic E-state index is 0.240. The SMILES string of the molecule is COCCN1CC(c2ccc3c(c2)OCCc2sc(-c4nc(C)nn4C(C)C)nc2-3)C1. The van der Waals surface area contributed by atoms with E-state index < -0.39 is 0 Å². The molecule has 0 spiro atoms. The number of nitrogens with zero attached hydrogens (tertiary/aromatic N) is 5. The van der Waals surface area contributed by atoms with E-state index in [9.17, 15) is 0 Å². The quantitative estimate of drug-likeness (QED) is 0.580. The Labute approximate surface area is 187 Å². The number of thiazole rings is 1. The number of rotatable bonds is 6. The molecule has 5 rings (SSSR count). The van der Waals surface area contributed by atoms with E-state index in [1.54, 1.807) is 18.4 Å². The third-order valence-corrected chi connectivity index (χ3v) is 7.11. The largest absolute Gasteiger partial charge is 0.492 e. The number of ether oxygens (including phenoxy) is 2. The number of methoxy groups -OCH3 is 1. The zero-order valence-corrected chi connectivity index (χ0v) is 19.4. The fraction of sp³-hybridized carbons (Fsp3) is 0.522. The van der Waals surface area contributed by atoms with Gasteiger partial charge in [0.25, 0.3) is 0 Å². The van der Waals surface area contributed by atoms with Crippen LogP contribution in [0.15, 0.2) is 18.2 Å². The molecule has 2 aliphatic rings. The van der Waals surface area contributed by atoms with Gasteiger partial charge in [0.15, 0.2) is 10.8 Å². The van der Waals surface area contributed by atoms with Crippen LogP contribution in [-0.4, -0.2) is 64.6 Å². The van der Waals surface area contributed by atoms with Crippen LogP contribution in [-0.2, 0) is 11.2 Å². The molecular weight excluding hydrogens is 410 g/mol. The monoisotopic (exact) mass is 439 g/mol. The van der Waals surface area contributed by atoms with Gasteiger partial charge < -0.3 is 9.47 Å². The summed E-state index contributed by atoms with van der Waals surface area (Å²) >= 11 is 1.71. The maximum Gasteiger partial charge on any atom is 0.187 e. The van der Waals surface area contributed by atoms with Crippen molar-refractivity contribution in [3.8, 4) is 27.8 Å². The fourth-order valence-electron chi connectivity index (χ4n) is 4.31. The van der Waals surface area contributed by atoms with Gasteiger partial charge >= 0.3 is 0 Å². The molecule has 1 aromatic carbocycles. The average Bonchev–Trinajstić information content (AvgIpc) is 3.27. The number of likely N-dealkylation sites (tertiary alicyclic amines) is 1. The summed E-state index contributed by atoms with van der Waals surface area (Å²) in [5.74, 6) is 3.15. The van der Waals surface area contributed by atoms with Crippen LogP contribution in [0.4, 0.5) is 0 Å². The summed E-state index contributed by atoms with van der Waals surface area (Å²) in [7, 11) is 1.76. The number of aromatic nitrogens is 4. The zero-order valence-electron chi connectivity index (χ0n) is 18.6. The van der Waals surface area contributed by atoms with Gasteiger partial charge in [-0.1, -0.05) is 6.07 Å². The Morgan fingerprint density at radius 1 is 1.26 bits per heavy atom. The second-order valence-electron chi connectivity index (χ2n) is 8.62. The van der Waals surface area contributed by atoms with Crippen LogP contribution in [0.3, 0.4) is 0 Å². The third-order valence-electron chi connectivity index (χ3n) is 6.00. The van der Waals surface area contributed by atoms with Gasteiger partial charge in [0.1, 0.15) is 11.6 Å². The molecule has 7 nitrogen and oxygen atoms in total. The van der Waals surface area contributed by atoms with Gasteiger partial charge in [0.2, 0.25) is 0 Å². The molecule has 1 fully saturated rings.